The summed E-state index contributed by atoms with van der Waals surface area (Å²) >= 11 is 1.55. The summed E-state index contributed by atoms with van der Waals surface area (Å²) in [6, 6.07) is 15.5. The molecule has 1 fully saturated rings. The first kappa shape index (κ1) is 17.4. The number of carbonyl (C=O) groups excluding carboxylic acids is 1. The summed E-state index contributed by atoms with van der Waals surface area (Å²) in [7, 11) is 0. The van der Waals surface area contributed by atoms with Gasteiger partial charge in [0.1, 0.15) is 5.37 Å². The smallest absolute Gasteiger partial charge is 0.269 e. The van der Waals surface area contributed by atoms with Crippen LogP contribution in [0.5, 0.6) is 0 Å². The van der Waals surface area contributed by atoms with Gasteiger partial charge in [-0.25, -0.2) is 0 Å². The molecule has 1 amide bonds. The molecule has 1 aliphatic rings. The standard InChI is InChI=1S/C18H18N2O4S/c1-12-17(22)19(18(25-12)14-5-3-2-4-6-14)11-16(21)13-7-9-15(10-8-13)20(23)24/h2-10,12,16,18,21H,11H2,1H3/t12-,16+,18+/m0/s1. The van der Waals surface area contributed by atoms with Gasteiger partial charge >= 0.3 is 0 Å². The van der Waals surface area contributed by atoms with Crippen LogP contribution in [0, 0.1) is 10.1 Å². The molecule has 6 nitrogen and oxygen atoms in total. The van der Waals surface area contributed by atoms with Gasteiger partial charge in [0.05, 0.1) is 22.8 Å². The fraction of sp³-hybridized carbons (Fsp3) is 0.278. The maximum atomic E-state index is 12.5. The van der Waals surface area contributed by atoms with Crippen molar-refractivity contribution in [1.29, 1.82) is 0 Å². The van der Waals surface area contributed by atoms with Crippen LogP contribution in [0.4, 0.5) is 5.69 Å². The monoisotopic (exact) mass is 358 g/mol. The molecule has 2 aromatic carbocycles. The number of rotatable bonds is 5. The van der Waals surface area contributed by atoms with E-state index in [1.807, 2.05) is 37.3 Å². The van der Waals surface area contributed by atoms with Crippen molar-refractivity contribution in [2.24, 2.45) is 0 Å². The van der Waals surface area contributed by atoms with E-state index in [0.29, 0.717) is 5.56 Å². The maximum Gasteiger partial charge on any atom is 0.269 e. The van der Waals surface area contributed by atoms with E-state index in [0.717, 1.165) is 5.56 Å². The molecule has 3 atom stereocenters. The van der Waals surface area contributed by atoms with E-state index in [1.165, 1.54) is 24.3 Å². The molecule has 0 radical (unpaired) electrons. The van der Waals surface area contributed by atoms with Crippen LogP contribution in [0.3, 0.4) is 0 Å². The molecule has 130 valence electrons. The Labute approximate surface area is 149 Å². The van der Waals surface area contributed by atoms with E-state index < -0.39 is 11.0 Å². The summed E-state index contributed by atoms with van der Waals surface area (Å²) in [5.74, 6) is -0.0141. The van der Waals surface area contributed by atoms with Crippen LogP contribution in [0.1, 0.15) is 29.5 Å². The lowest BCUT2D eigenvalue weighted by Gasteiger charge is -2.26. The predicted octanol–water partition coefficient (Wildman–Crippen LogP) is 3.29. The summed E-state index contributed by atoms with van der Waals surface area (Å²) in [4.78, 5) is 24.4. The summed E-state index contributed by atoms with van der Waals surface area (Å²) < 4.78 is 0. The molecule has 1 saturated heterocycles. The number of aliphatic hydroxyl groups is 1. The van der Waals surface area contributed by atoms with Crippen LogP contribution >= 0.6 is 11.8 Å². The molecular weight excluding hydrogens is 340 g/mol. The van der Waals surface area contributed by atoms with Gasteiger partial charge in [-0.2, -0.15) is 0 Å². The van der Waals surface area contributed by atoms with Crippen molar-refractivity contribution in [2.45, 2.75) is 23.7 Å². The lowest BCUT2D eigenvalue weighted by Crippen LogP contribution is -2.34. The number of hydrogen-bond donors (Lipinski definition) is 1. The third kappa shape index (κ3) is 3.67. The van der Waals surface area contributed by atoms with E-state index in [2.05, 4.69) is 0 Å². The lowest BCUT2D eigenvalue weighted by atomic mass is 10.1. The Hall–Kier alpha value is -2.38. The van der Waals surface area contributed by atoms with Gasteiger partial charge in [-0.15, -0.1) is 11.8 Å². The number of benzene rings is 2. The van der Waals surface area contributed by atoms with E-state index in [9.17, 15) is 20.0 Å². The average Bonchev–Trinajstić information content (AvgIpc) is 2.91. The number of aliphatic hydroxyl groups excluding tert-OH is 1. The highest BCUT2D eigenvalue weighted by atomic mass is 32.2. The Balaban J connectivity index is 1.79. The number of carbonyl (C=O) groups is 1. The van der Waals surface area contributed by atoms with E-state index in [4.69, 9.17) is 0 Å². The van der Waals surface area contributed by atoms with Crippen molar-refractivity contribution in [1.82, 2.24) is 4.90 Å². The number of thioether (sulfide) groups is 1. The SMILES string of the molecule is C[C@@H]1S[C@H](c2ccccc2)N(C[C@@H](O)c2ccc([N+](=O)[O-])cc2)C1=O. The number of non-ortho nitro benzene ring substituents is 1. The van der Waals surface area contributed by atoms with Crippen molar-refractivity contribution in [3.05, 3.63) is 75.8 Å². The molecule has 7 heteroatoms. The Morgan fingerprint density at radius 2 is 1.84 bits per heavy atom. The number of β-amino-alcohol motifs (C(OH)–C–C–N with tert-alkyl or cyclic N) is 1. The van der Waals surface area contributed by atoms with Crippen molar-refractivity contribution < 1.29 is 14.8 Å². The predicted molar refractivity (Wildman–Crippen MR) is 96.0 cm³/mol. The fourth-order valence-corrected chi connectivity index (χ4v) is 4.14. The summed E-state index contributed by atoms with van der Waals surface area (Å²) in [6.07, 6.45) is -0.901. The molecule has 1 heterocycles. The summed E-state index contributed by atoms with van der Waals surface area (Å²) in [5, 5.41) is 20.9. The lowest BCUT2D eigenvalue weighted by molar-refractivity contribution is -0.384. The van der Waals surface area contributed by atoms with Crippen molar-refractivity contribution >= 4 is 23.4 Å². The molecule has 25 heavy (non-hydrogen) atoms. The van der Waals surface area contributed by atoms with Crippen molar-refractivity contribution in [3.8, 4) is 0 Å². The van der Waals surface area contributed by atoms with Gasteiger partial charge in [-0.3, -0.25) is 14.9 Å². The highest BCUT2D eigenvalue weighted by molar-refractivity contribution is 8.01. The Bertz CT molecular complexity index is 766. The first-order valence-electron chi connectivity index (χ1n) is 7.90. The molecule has 0 unspecified atom stereocenters. The molecule has 0 aromatic heterocycles. The minimum atomic E-state index is -0.901. The van der Waals surface area contributed by atoms with Crippen LogP contribution in [-0.2, 0) is 4.79 Å². The minimum absolute atomic E-state index is 0.0141. The van der Waals surface area contributed by atoms with Gasteiger partial charge < -0.3 is 10.0 Å². The van der Waals surface area contributed by atoms with Crippen LogP contribution in [0.2, 0.25) is 0 Å². The zero-order chi connectivity index (χ0) is 18.0. The molecule has 2 aromatic rings. The van der Waals surface area contributed by atoms with Gasteiger partial charge in [0.25, 0.3) is 5.69 Å². The van der Waals surface area contributed by atoms with Crippen LogP contribution < -0.4 is 0 Å². The van der Waals surface area contributed by atoms with E-state index >= 15 is 0 Å². The third-order valence-corrected chi connectivity index (χ3v) is 5.58. The van der Waals surface area contributed by atoms with E-state index in [1.54, 1.807) is 16.7 Å². The topological polar surface area (TPSA) is 83.7 Å². The molecule has 1 N–H and O–H groups in total. The molecule has 1 aliphatic heterocycles. The molecule has 0 bridgehead atoms. The highest BCUT2D eigenvalue weighted by Crippen LogP contribution is 2.43. The Morgan fingerprint density at radius 3 is 2.44 bits per heavy atom. The number of hydrogen-bond acceptors (Lipinski definition) is 5. The van der Waals surface area contributed by atoms with Crippen LogP contribution in [0.15, 0.2) is 54.6 Å². The molecule has 0 saturated carbocycles. The van der Waals surface area contributed by atoms with Crippen molar-refractivity contribution in [3.63, 3.8) is 0 Å². The number of nitro groups is 1. The second kappa shape index (κ2) is 7.25. The number of nitrogens with zero attached hydrogens (tertiary/aromatic N) is 2. The normalized spacial score (nSPS) is 21.4. The van der Waals surface area contributed by atoms with Gasteiger partial charge in [-0.1, -0.05) is 30.3 Å². The van der Waals surface area contributed by atoms with Gasteiger partial charge in [0, 0.05) is 12.1 Å². The quantitative estimate of drug-likeness (QED) is 0.655. The van der Waals surface area contributed by atoms with Crippen LogP contribution in [0.25, 0.3) is 0 Å². The molecule has 0 aliphatic carbocycles. The first-order valence-corrected chi connectivity index (χ1v) is 8.85. The second-order valence-corrected chi connectivity index (χ2v) is 7.32. The third-order valence-electron chi connectivity index (χ3n) is 4.19. The first-order chi connectivity index (χ1) is 12.0. The Morgan fingerprint density at radius 1 is 1.20 bits per heavy atom. The van der Waals surface area contributed by atoms with E-state index in [-0.39, 0.29) is 28.8 Å². The van der Waals surface area contributed by atoms with Gasteiger partial charge in [0.2, 0.25) is 5.91 Å². The fourth-order valence-electron chi connectivity index (χ4n) is 2.85. The minimum Gasteiger partial charge on any atom is -0.387 e. The number of amides is 1. The summed E-state index contributed by atoms with van der Waals surface area (Å²) in [5.41, 5.74) is 1.54. The molecular formula is C18H18N2O4S. The second-order valence-electron chi connectivity index (χ2n) is 5.90. The largest absolute Gasteiger partial charge is 0.387 e. The molecule has 3 rings (SSSR count). The molecule has 0 spiro atoms. The zero-order valence-electron chi connectivity index (χ0n) is 13.6. The zero-order valence-corrected chi connectivity index (χ0v) is 14.4. The van der Waals surface area contributed by atoms with Crippen LogP contribution in [-0.4, -0.2) is 32.6 Å². The summed E-state index contributed by atoms with van der Waals surface area (Å²) in [6.45, 7) is 2.01. The average molecular weight is 358 g/mol. The maximum absolute atomic E-state index is 12.5. The number of nitro benzene ring substituents is 1. The van der Waals surface area contributed by atoms with Crippen molar-refractivity contribution in [2.75, 3.05) is 6.54 Å². The highest BCUT2D eigenvalue weighted by Gasteiger charge is 2.39. The Kier molecular flexibility index (Phi) is 5.06. The van der Waals surface area contributed by atoms with Gasteiger partial charge in [0.15, 0.2) is 0 Å². The van der Waals surface area contributed by atoms with Gasteiger partial charge in [-0.05, 0) is 30.2 Å².